The number of nitrogens with one attached hydrogen (secondary N) is 1. The number of methoxy groups -OCH3 is 1. The zero-order chi connectivity index (χ0) is 15.5. The molecule has 3 rings (SSSR count). The number of rotatable bonds is 5. The molecule has 0 aromatic heterocycles. The van der Waals surface area contributed by atoms with Crippen LogP contribution in [0.2, 0.25) is 0 Å². The molecule has 2 unspecified atom stereocenters. The second kappa shape index (κ2) is 6.75. The molecule has 2 saturated heterocycles. The molecule has 5 heteroatoms. The van der Waals surface area contributed by atoms with Gasteiger partial charge in [-0.05, 0) is 37.8 Å². The highest BCUT2D eigenvalue weighted by Crippen LogP contribution is 2.32. The number of ketones is 1. The smallest absolute Gasteiger partial charge is 0.188 e. The van der Waals surface area contributed by atoms with Crippen LogP contribution in [0.1, 0.15) is 42.5 Å². The minimum absolute atomic E-state index is 0.0599. The zero-order valence-electron chi connectivity index (χ0n) is 12.8. The summed E-state index contributed by atoms with van der Waals surface area (Å²) in [5, 5.41) is 3.56. The third-order valence-corrected chi connectivity index (χ3v) is 4.63. The molecule has 2 atom stereocenters. The average molecular weight is 307 g/mol. The van der Waals surface area contributed by atoms with Crippen molar-refractivity contribution in [2.24, 2.45) is 5.92 Å². The van der Waals surface area contributed by atoms with Crippen molar-refractivity contribution >= 4 is 5.78 Å². The fraction of sp³-hybridized carbons (Fsp3) is 0.588. The lowest BCUT2D eigenvalue weighted by atomic mass is 9.77. The van der Waals surface area contributed by atoms with Crippen molar-refractivity contribution in [2.45, 2.75) is 44.2 Å². The summed E-state index contributed by atoms with van der Waals surface area (Å²) in [7, 11) is 1.50. The van der Waals surface area contributed by atoms with Crippen LogP contribution in [0, 0.1) is 11.7 Å². The number of ether oxygens (including phenoxy) is 2. The SMILES string of the molecule is COCOc1ccc(C(=O)C2CC3CCCC(C2)N3)c(F)c1. The first kappa shape index (κ1) is 15.4. The van der Waals surface area contributed by atoms with Crippen molar-refractivity contribution in [1.29, 1.82) is 0 Å². The zero-order valence-corrected chi connectivity index (χ0v) is 12.8. The van der Waals surface area contributed by atoms with Gasteiger partial charge in [0.1, 0.15) is 11.6 Å². The molecule has 2 aliphatic heterocycles. The van der Waals surface area contributed by atoms with E-state index in [9.17, 15) is 9.18 Å². The lowest BCUT2D eigenvalue weighted by Crippen LogP contribution is -2.50. The lowest BCUT2D eigenvalue weighted by Gasteiger charge is -2.39. The second-order valence-corrected chi connectivity index (χ2v) is 6.22. The lowest BCUT2D eigenvalue weighted by molar-refractivity contribution is 0.0509. The van der Waals surface area contributed by atoms with Crippen molar-refractivity contribution in [3.8, 4) is 5.75 Å². The number of Topliss-reactive ketones (excluding diaryl/α,β-unsaturated/α-hetero) is 1. The predicted molar refractivity (Wildman–Crippen MR) is 80.5 cm³/mol. The van der Waals surface area contributed by atoms with E-state index in [1.807, 2.05) is 0 Å². The van der Waals surface area contributed by atoms with Crippen molar-refractivity contribution in [3.05, 3.63) is 29.6 Å². The van der Waals surface area contributed by atoms with E-state index in [1.165, 1.54) is 25.7 Å². The first-order valence-electron chi connectivity index (χ1n) is 7.89. The number of hydrogen-bond acceptors (Lipinski definition) is 4. The number of carbonyl (C=O) groups excluding carboxylic acids is 1. The highest BCUT2D eigenvalue weighted by atomic mass is 19.1. The van der Waals surface area contributed by atoms with E-state index in [0.29, 0.717) is 17.8 Å². The first-order valence-corrected chi connectivity index (χ1v) is 7.89. The Morgan fingerprint density at radius 1 is 1.32 bits per heavy atom. The van der Waals surface area contributed by atoms with Gasteiger partial charge in [0.25, 0.3) is 0 Å². The van der Waals surface area contributed by atoms with Gasteiger partial charge >= 0.3 is 0 Å². The summed E-state index contributed by atoms with van der Waals surface area (Å²) in [6.45, 7) is 0.0599. The van der Waals surface area contributed by atoms with Crippen molar-refractivity contribution in [3.63, 3.8) is 0 Å². The van der Waals surface area contributed by atoms with Crippen molar-refractivity contribution in [2.75, 3.05) is 13.9 Å². The van der Waals surface area contributed by atoms with Gasteiger partial charge in [-0.15, -0.1) is 0 Å². The van der Waals surface area contributed by atoms with Gasteiger partial charge in [0, 0.05) is 31.2 Å². The molecular formula is C17H22FNO3. The van der Waals surface area contributed by atoms with E-state index in [1.54, 1.807) is 6.07 Å². The fourth-order valence-corrected chi connectivity index (χ4v) is 3.61. The van der Waals surface area contributed by atoms with Crippen molar-refractivity contribution < 1.29 is 18.7 Å². The Bertz CT molecular complexity index is 537. The molecule has 0 amide bonds. The van der Waals surface area contributed by atoms with Gasteiger partial charge in [-0.25, -0.2) is 4.39 Å². The monoisotopic (exact) mass is 307 g/mol. The van der Waals surface area contributed by atoms with E-state index in [0.717, 1.165) is 25.7 Å². The molecule has 2 bridgehead atoms. The molecule has 1 N–H and O–H groups in total. The summed E-state index contributed by atoms with van der Waals surface area (Å²) in [5.41, 5.74) is 0.176. The van der Waals surface area contributed by atoms with E-state index in [-0.39, 0.29) is 24.1 Å². The number of carbonyl (C=O) groups is 1. The summed E-state index contributed by atoms with van der Waals surface area (Å²) >= 11 is 0. The Morgan fingerprint density at radius 3 is 2.68 bits per heavy atom. The molecule has 4 nitrogen and oxygen atoms in total. The molecule has 2 fully saturated rings. The third-order valence-electron chi connectivity index (χ3n) is 4.63. The van der Waals surface area contributed by atoms with E-state index in [2.05, 4.69) is 5.32 Å². The second-order valence-electron chi connectivity index (χ2n) is 6.22. The standard InChI is InChI=1S/C17H22FNO3/c1-21-10-22-14-5-6-15(16(18)9-14)17(20)11-7-12-3-2-4-13(8-11)19-12/h5-6,9,11-13,19H,2-4,7-8,10H2,1H3. The Hall–Kier alpha value is -1.46. The average Bonchev–Trinajstić information content (AvgIpc) is 2.52. The predicted octanol–water partition coefficient (Wildman–Crippen LogP) is 2.91. The Morgan fingerprint density at radius 2 is 2.05 bits per heavy atom. The van der Waals surface area contributed by atoms with Gasteiger partial charge in [-0.1, -0.05) is 6.42 Å². The van der Waals surface area contributed by atoms with Crippen LogP contribution in [0.5, 0.6) is 5.75 Å². The highest BCUT2D eigenvalue weighted by Gasteiger charge is 2.35. The number of piperidine rings is 2. The van der Waals surface area contributed by atoms with Crippen LogP contribution in [0.3, 0.4) is 0 Å². The topological polar surface area (TPSA) is 47.6 Å². The Balaban J connectivity index is 1.71. The summed E-state index contributed by atoms with van der Waals surface area (Å²) < 4.78 is 24.2. The Kier molecular flexibility index (Phi) is 4.74. The van der Waals surface area contributed by atoms with E-state index >= 15 is 0 Å². The fourth-order valence-electron chi connectivity index (χ4n) is 3.61. The maximum Gasteiger partial charge on any atom is 0.188 e. The largest absolute Gasteiger partial charge is 0.467 e. The van der Waals surface area contributed by atoms with Crippen LogP contribution in [0.15, 0.2) is 18.2 Å². The summed E-state index contributed by atoms with van der Waals surface area (Å²) in [4.78, 5) is 12.6. The molecule has 2 aliphatic rings. The summed E-state index contributed by atoms with van der Waals surface area (Å²) in [6.07, 6.45) is 5.09. The number of halogens is 1. The molecule has 0 spiro atoms. The van der Waals surface area contributed by atoms with Gasteiger partial charge in [0.15, 0.2) is 12.6 Å². The van der Waals surface area contributed by atoms with Gasteiger partial charge in [0.05, 0.1) is 5.56 Å². The van der Waals surface area contributed by atoms with Gasteiger partial charge in [-0.3, -0.25) is 4.79 Å². The molecule has 1 aromatic carbocycles. The van der Waals surface area contributed by atoms with E-state index < -0.39 is 5.82 Å². The number of fused-ring (bicyclic) bond motifs is 2. The van der Waals surface area contributed by atoms with E-state index in [4.69, 9.17) is 9.47 Å². The quantitative estimate of drug-likeness (QED) is 0.671. The molecule has 120 valence electrons. The molecule has 2 heterocycles. The maximum atomic E-state index is 14.2. The Labute approximate surface area is 130 Å². The molecule has 22 heavy (non-hydrogen) atoms. The van der Waals surface area contributed by atoms with Gasteiger partial charge in [0.2, 0.25) is 0 Å². The van der Waals surface area contributed by atoms with Crippen LogP contribution in [-0.4, -0.2) is 31.8 Å². The first-order chi connectivity index (χ1) is 10.7. The van der Waals surface area contributed by atoms with Crippen LogP contribution < -0.4 is 10.1 Å². The van der Waals surface area contributed by atoms with Crippen LogP contribution >= 0.6 is 0 Å². The molecule has 0 radical (unpaired) electrons. The number of benzene rings is 1. The molecule has 0 aliphatic carbocycles. The van der Waals surface area contributed by atoms with Crippen LogP contribution in [-0.2, 0) is 4.74 Å². The minimum Gasteiger partial charge on any atom is -0.467 e. The summed E-state index contributed by atoms with van der Waals surface area (Å²) in [6, 6.07) is 5.23. The third kappa shape index (κ3) is 3.31. The van der Waals surface area contributed by atoms with Gasteiger partial charge in [-0.2, -0.15) is 0 Å². The highest BCUT2D eigenvalue weighted by molar-refractivity contribution is 5.98. The van der Waals surface area contributed by atoms with Crippen LogP contribution in [0.4, 0.5) is 4.39 Å². The number of hydrogen-bond donors (Lipinski definition) is 1. The maximum absolute atomic E-state index is 14.2. The molecule has 0 saturated carbocycles. The van der Waals surface area contributed by atoms with Gasteiger partial charge < -0.3 is 14.8 Å². The normalized spacial score (nSPS) is 27.5. The van der Waals surface area contributed by atoms with Crippen molar-refractivity contribution in [1.82, 2.24) is 5.32 Å². The minimum atomic E-state index is -0.512. The summed E-state index contributed by atoms with van der Waals surface area (Å²) in [5.74, 6) is -0.286. The molecular weight excluding hydrogens is 285 g/mol. The molecule has 1 aromatic rings. The van der Waals surface area contributed by atoms with Crippen LogP contribution in [0.25, 0.3) is 0 Å².